The van der Waals surface area contributed by atoms with Crippen LogP contribution in [-0.4, -0.2) is 71.2 Å². The molecule has 2 aliphatic heterocycles. The topological polar surface area (TPSA) is 97.0 Å². The molecule has 1 aromatic rings. The molecule has 10 heteroatoms. The summed E-state index contributed by atoms with van der Waals surface area (Å²) in [6.07, 6.45) is 2.12. The summed E-state index contributed by atoms with van der Waals surface area (Å²) in [5.41, 5.74) is 0.643. The lowest BCUT2D eigenvalue weighted by atomic mass is 10.1. The lowest BCUT2D eigenvalue weighted by molar-refractivity contribution is -0.121. The number of methoxy groups -OCH3 is 1. The minimum absolute atomic E-state index is 0. The normalized spacial score (nSPS) is 20.8. The summed E-state index contributed by atoms with van der Waals surface area (Å²) in [7, 11) is -2.26. The van der Waals surface area contributed by atoms with Gasteiger partial charge < -0.3 is 20.1 Å². The van der Waals surface area contributed by atoms with E-state index in [4.69, 9.17) is 9.47 Å². The number of amides is 1. The van der Waals surface area contributed by atoms with Crippen molar-refractivity contribution in [3.63, 3.8) is 0 Å². The number of hydrogen-bond donors (Lipinski definition) is 2. The summed E-state index contributed by atoms with van der Waals surface area (Å²) in [5, 5.41) is 6.27. The Hall–Kier alpha value is -1.39. The van der Waals surface area contributed by atoms with Crippen molar-refractivity contribution >= 4 is 28.3 Å². The lowest BCUT2D eigenvalue weighted by Crippen LogP contribution is -2.46. The highest BCUT2D eigenvalue weighted by atomic mass is 35.5. The highest BCUT2D eigenvalue weighted by molar-refractivity contribution is 7.89. The zero-order valence-electron chi connectivity index (χ0n) is 16.0. The second kappa shape index (κ2) is 10.4. The van der Waals surface area contributed by atoms with Gasteiger partial charge in [0, 0.05) is 25.7 Å². The number of carbonyl (C=O) groups excluding carboxylic acids is 1. The standard InChI is InChI=1S/C18H27N3O5S.ClH/c1-25-16-5-4-14(12-18(22)20-15-3-2-6-19-13-15)11-17(16)27(23,24)21-7-9-26-10-8-21;/h4-5,11,15,19H,2-3,6-10,12-13H2,1H3,(H,20,22);1H. The quantitative estimate of drug-likeness (QED) is 0.680. The van der Waals surface area contributed by atoms with Gasteiger partial charge in [0.15, 0.2) is 0 Å². The van der Waals surface area contributed by atoms with Crippen LogP contribution >= 0.6 is 12.4 Å². The van der Waals surface area contributed by atoms with Crippen molar-refractivity contribution in [3.8, 4) is 5.75 Å². The first-order chi connectivity index (χ1) is 13.0. The predicted molar refractivity (Wildman–Crippen MR) is 108 cm³/mol. The molecule has 2 fully saturated rings. The maximum Gasteiger partial charge on any atom is 0.246 e. The summed E-state index contributed by atoms with van der Waals surface area (Å²) >= 11 is 0. The Kier molecular flexibility index (Phi) is 8.51. The maximum atomic E-state index is 13.0. The smallest absolute Gasteiger partial charge is 0.246 e. The number of benzene rings is 1. The molecular weight excluding hydrogens is 406 g/mol. The highest BCUT2D eigenvalue weighted by Gasteiger charge is 2.29. The van der Waals surface area contributed by atoms with Gasteiger partial charge in [0.05, 0.1) is 26.7 Å². The number of sulfonamides is 1. The summed E-state index contributed by atoms with van der Waals surface area (Å²) < 4.78 is 37.9. The Bertz CT molecular complexity index is 762. The van der Waals surface area contributed by atoms with E-state index in [1.165, 1.54) is 11.4 Å². The Balaban J connectivity index is 0.00000280. The first-order valence-electron chi connectivity index (χ1n) is 9.25. The van der Waals surface area contributed by atoms with Crippen LogP contribution in [-0.2, 0) is 26.0 Å². The molecule has 0 radical (unpaired) electrons. The van der Waals surface area contributed by atoms with E-state index in [0.29, 0.717) is 31.9 Å². The minimum Gasteiger partial charge on any atom is -0.495 e. The number of nitrogens with one attached hydrogen (secondary N) is 2. The van der Waals surface area contributed by atoms with Crippen molar-refractivity contribution < 1.29 is 22.7 Å². The van der Waals surface area contributed by atoms with E-state index in [9.17, 15) is 13.2 Å². The molecule has 1 aromatic carbocycles. The van der Waals surface area contributed by atoms with Crippen molar-refractivity contribution in [2.24, 2.45) is 0 Å². The molecule has 0 aliphatic carbocycles. The van der Waals surface area contributed by atoms with E-state index in [-0.39, 0.29) is 41.4 Å². The fourth-order valence-corrected chi connectivity index (χ4v) is 5.01. The molecule has 28 heavy (non-hydrogen) atoms. The first-order valence-corrected chi connectivity index (χ1v) is 10.7. The largest absolute Gasteiger partial charge is 0.495 e. The molecular formula is C18H28ClN3O5S. The average Bonchev–Trinajstić information content (AvgIpc) is 2.69. The Morgan fingerprint density at radius 3 is 2.75 bits per heavy atom. The number of hydrogen-bond acceptors (Lipinski definition) is 6. The van der Waals surface area contributed by atoms with E-state index in [1.54, 1.807) is 18.2 Å². The second-order valence-corrected chi connectivity index (χ2v) is 8.70. The zero-order valence-corrected chi connectivity index (χ0v) is 17.6. The molecule has 3 rings (SSSR count). The maximum absolute atomic E-state index is 13.0. The van der Waals surface area contributed by atoms with Crippen LogP contribution in [0.15, 0.2) is 23.1 Å². The van der Waals surface area contributed by atoms with Crippen LogP contribution in [0.2, 0.25) is 0 Å². The highest BCUT2D eigenvalue weighted by Crippen LogP contribution is 2.28. The van der Waals surface area contributed by atoms with Crippen molar-refractivity contribution in [1.29, 1.82) is 0 Å². The monoisotopic (exact) mass is 433 g/mol. The van der Waals surface area contributed by atoms with E-state index < -0.39 is 10.0 Å². The number of morpholine rings is 1. The Morgan fingerprint density at radius 1 is 1.36 bits per heavy atom. The molecule has 2 aliphatic rings. The second-order valence-electron chi connectivity index (χ2n) is 6.79. The summed E-state index contributed by atoms with van der Waals surface area (Å²) in [6, 6.07) is 5.01. The third kappa shape index (κ3) is 5.57. The summed E-state index contributed by atoms with van der Waals surface area (Å²) in [5.74, 6) is 0.172. The Labute approximate surface area is 172 Å². The van der Waals surface area contributed by atoms with Crippen LogP contribution in [0.4, 0.5) is 0 Å². The number of rotatable bonds is 6. The molecule has 2 saturated heterocycles. The van der Waals surface area contributed by atoms with Crippen molar-refractivity contribution in [2.75, 3.05) is 46.5 Å². The molecule has 8 nitrogen and oxygen atoms in total. The van der Waals surface area contributed by atoms with E-state index >= 15 is 0 Å². The van der Waals surface area contributed by atoms with Crippen molar-refractivity contribution in [1.82, 2.24) is 14.9 Å². The van der Waals surface area contributed by atoms with Crippen LogP contribution < -0.4 is 15.4 Å². The van der Waals surface area contributed by atoms with Gasteiger partial charge in [-0.2, -0.15) is 4.31 Å². The average molecular weight is 434 g/mol. The molecule has 1 unspecified atom stereocenters. The lowest BCUT2D eigenvalue weighted by Gasteiger charge is -2.27. The summed E-state index contributed by atoms with van der Waals surface area (Å²) in [6.45, 7) is 3.12. The van der Waals surface area contributed by atoms with Gasteiger partial charge in [-0.1, -0.05) is 6.07 Å². The van der Waals surface area contributed by atoms with E-state index in [0.717, 1.165) is 25.9 Å². The van der Waals surface area contributed by atoms with Gasteiger partial charge in [-0.3, -0.25) is 4.79 Å². The van der Waals surface area contributed by atoms with Gasteiger partial charge in [-0.15, -0.1) is 12.4 Å². The van der Waals surface area contributed by atoms with Crippen molar-refractivity contribution in [3.05, 3.63) is 23.8 Å². The Morgan fingerprint density at radius 2 is 2.11 bits per heavy atom. The molecule has 1 atom stereocenters. The number of piperidine rings is 1. The summed E-state index contributed by atoms with van der Waals surface area (Å²) in [4.78, 5) is 12.4. The fourth-order valence-electron chi connectivity index (χ4n) is 3.40. The number of carbonyl (C=O) groups is 1. The third-order valence-corrected chi connectivity index (χ3v) is 6.76. The minimum atomic E-state index is -3.70. The molecule has 1 amide bonds. The first kappa shape index (κ1) is 22.9. The molecule has 0 spiro atoms. The molecule has 0 saturated carbocycles. The van der Waals surface area contributed by atoms with Gasteiger partial charge in [0.2, 0.25) is 15.9 Å². The molecule has 0 bridgehead atoms. The molecule has 2 heterocycles. The predicted octanol–water partition coefficient (Wildman–Crippen LogP) is 0.549. The van der Waals surface area contributed by atoms with Crippen LogP contribution in [0.5, 0.6) is 5.75 Å². The van der Waals surface area contributed by atoms with Crippen LogP contribution in [0, 0.1) is 0 Å². The molecule has 0 aromatic heterocycles. The third-order valence-electron chi connectivity index (χ3n) is 4.84. The zero-order chi connectivity index (χ0) is 19.3. The van der Waals surface area contributed by atoms with Crippen LogP contribution in [0.1, 0.15) is 18.4 Å². The number of halogens is 1. The van der Waals surface area contributed by atoms with Gasteiger partial charge in [-0.05, 0) is 37.1 Å². The molecule has 158 valence electrons. The van der Waals surface area contributed by atoms with Crippen LogP contribution in [0.3, 0.4) is 0 Å². The van der Waals surface area contributed by atoms with Crippen molar-refractivity contribution in [2.45, 2.75) is 30.2 Å². The van der Waals surface area contributed by atoms with Crippen LogP contribution in [0.25, 0.3) is 0 Å². The fraction of sp³-hybridized carbons (Fsp3) is 0.611. The van der Waals surface area contributed by atoms with E-state index in [1.807, 2.05) is 0 Å². The van der Waals surface area contributed by atoms with Gasteiger partial charge in [-0.25, -0.2) is 8.42 Å². The van der Waals surface area contributed by atoms with E-state index in [2.05, 4.69) is 10.6 Å². The number of nitrogens with zero attached hydrogens (tertiary/aromatic N) is 1. The van der Waals surface area contributed by atoms with Gasteiger partial charge in [0.1, 0.15) is 10.6 Å². The molecule has 2 N–H and O–H groups in total. The number of ether oxygens (including phenoxy) is 2. The van der Waals surface area contributed by atoms with Gasteiger partial charge >= 0.3 is 0 Å². The van der Waals surface area contributed by atoms with Gasteiger partial charge in [0.25, 0.3) is 0 Å². The SMILES string of the molecule is COc1ccc(CC(=O)NC2CCCNC2)cc1S(=O)(=O)N1CCOCC1.Cl.